The van der Waals surface area contributed by atoms with Crippen LogP contribution in [0.2, 0.25) is 0 Å². The molecular weight excluding hydrogens is 214 g/mol. The van der Waals surface area contributed by atoms with Crippen LogP contribution in [-0.2, 0) is 10.0 Å². The van der Waals surface area contributed by atoms with Crippen molar-refractivity contribution in [1.29, 1.82) is 0 Å². The molecule has 1 unspecified atom stereocenters. The van der Waals surface area contributed by atoms with E-state index in [1.807, 2.05) is 27.7 Å². The molecule has 1 aliphatic carbocycles. The van der Waals surface area contributed by atoms with Crippen LogP contribution in [0, 0.1) is 10.8 Å². The lowest BCUT2D eigenvalue weighted by Gasteiger charge is -2.12. The van der Waals surface area contributed by atoms with Crippen molar-refractivity contribution in [1.82, 2.24) is 4.72 Å². The second kappa shape index (κ2) is 3.43. The Morgan fingerprint density at radius 3 is 1.93 bits per heavy atom. The first-order valence-electron chi connectivity index (χ1n) is 5.19. The van der Waals surface area contributed by atoms with Gasteiger partial charge in [0.15, 0.2) is 0 Å². The zero-order valence-electron chi connectivity index (χ0n) is 10.0. The van der Waals surface area contributed by atoms with Crippen LogP contribution in [0.3, 0.4) is 0 Å². The van der Waals surface area contributed by atoms with Crippen LogP contribution in [-0.4, -0.2) is 31.4 Å². The number of aliphatic hydroxyl groups is 1. The minimum Gasteiger partial charge on any atom is -0.395 e. The Morgan fingerprint density at radius 2 is 1.67 bits per heavy atom. The van der Waals surface area contributed by atoms with Crippen molar-refractivity contribution < 1.29 is 13.5 Å². The molecule has 2 N–H and O–H groups in total. The van der Waals surface area contributed by atoms with Gasteiger partial charge in [-0.15, -0.1) is 0 Å². The second-order valence-corrected chi connectivity index (χ2v) is 7.66. The minimum atomic E-state index is -3.39. The van der Waals surface area contributed by atoms with Crippen molar-refractivity contribution >= 4 is 10.0 Å². The second-order valence-electron chi connectivity index (χ2n) is 5.53. The molecular formula is C10H21NO3S. The maximum Gasteiger partial charge on any atom is 0.216 e. The van der Waals surface area contributed by atoms with Crippen molar-refractivity contribution in [2.45, 2.75) is 45.9 Å². The highest BCUT2D eigenvalue weighted by Crippen LogP contribution is 2.62. The largest absolute Gasteiger partial charge is 0.395 e. The molecule has 0 spiro atoms. The van der Waals surface area contributed by atoms with Crippen LogP contribution in [0.5, 0.6) is 0 Å². The van der Waals surface area contributed by atoms with Crippen LogP contribution in [0.4, 0.5) is 0 Å². The molecule has 0 radical (unpaired) electrons. The van der Waals surface area contributed by atoms with E-state index in [0.717, 1.165) is 0 Å². The van der Waals surface area contributed by atoms with Crippen molar-refractivity contribution in [2.24, 2.45) is 10.8 Å². The zero-order valence-corrected chi connectivity index (χ0v) is 10.9. The van der Waals surface area contributed by atoms with Crippen LogP contribution in [0.25, 0.3) is 0 Å². The molecule has 1 atom stereocenters. The molecule has 0 aromatic carbocycles. The Bertz CT molecular complexity index is 332. The number of hydrogen-bond donors (Lipinski definition) is 2. The fraction of sp³-hybridized carbons (Fsp3) is 1.00. The van der Waals surface area contributed by atoms with Gasteiger partial charge in [0.1, 0.15) is 0 Å². The first-order chi connectivity index (χ1) is 6.57. The van der Waals surface area contributed by atoms with Crippen molar-refractivity contribution in [3.8, 4) is 0 Å². The fourth-order valence-electron chi connectivity index (χ4n) is 1.87. The lowest BCUT2D eigenvalue weighted by molar-refractivity contribution is 0.294. The highest BCUT2D eigenvalue weighted by Gasteiger charge is 2.66. The number of nitrogens with one attached hydrogen (secondary N) is 1. The molecule has 1 fully saturated rings. The van der Waals surface area contributed by atoms with E-state index in [1.54, 1.807) is 0 Å². The Kier molecular flexibility index (Phi) is 2.96. The summed E-state index contributed by atoms with van der Waals surface area (Å²) in [4.78, 5) is 0. The summed E-state index contributed by atoms with van der Waals surface area (Å²) in [5.41, 5.74) is -0.0372. The normalized spacial score (nSPS) is 26.3. The third-order valence-corrected chi connectivity index (χ3v) is 5.86. The lowest BCUT2D eigenvalue weighted by Crippen LogP contribution is -2.38. The van der Waals surface area contributed by atoms with Gasteiger partial charge < -0.3 is 5.11 Å². The molecule has 5 heteroatoms. The van der Waals surface area contributed by atoms with Gasteiger partial charge in [-0.3, -0.25) is 0 Å². The molecule has 0 heterocycles. The van der Waals surface area contributed by atoms with Gasteiger partial charge in [0, 0.05) is 6.04 Å². The van der Waals surface area contributed by atoms with E-state index in [0.29, 0.717) is 0 Å². The van der Waals surface area contributed by atoms with Crippen molar-refractivity contribution in [3.05, 3.63) is 0 Å². The van der Waals surface area contributed by atoms with Crippen molar-refractivity contribution in [2.75, 3.05) is 6.61 Å². The van der Waals surface area contributed by atoms with Gasteiger partial charge in [0.2, 0.25) is 10.0 Å². The van der Waals surface area contributed by atoms with Gasteiger partial charge in [-0.1, -0.05) is 27.7 Å². The molecule has 0 aromatic heterocycles. The van der Waals surface area contributed by atoms with Gasteiger partial charge in [0.05, 0.1) is 11.9 Å². The van der Waals surface area contributed by atoms with Crippen molar-refractivity contribution in [3.63, 3.8) is 0 Å². The SMILES string of the molecule is CC(CO)S(=O)(=O)NC1C(C)(C)C1(C)C. The molecule has 15 heavy (non-hydrogen) atoms. The molecule has 0 saturated heterocycles. The zero-order chi connectivity index (χ0) is 12.1. The third kappa shape index (κ3) is 1.92. The summed E-state index contributed by atoms with van der Waals surface area (Å²) >= 11 is 0. The van der Waals surface area contributed by atoms with Crippen LogP contribution in [0.15, 0.2) is 0 Å². The molecule has 4 nitrogen and oxygen atoms in total. The average Bonchev–Trinajstić information content (AvgIpc) is 2.46. The van der Waals surface area contributed by atoms with E-state index >= 15 is 0 Å². The molecule has 0 bridgehead atoms. The number of sulfonamides is 1. The maximum atomic E-state index is 11.7. The summed E-state index contributed by atoms with van der Waals surface area (Å²) in [7, 11) is -3.39. The average molecular weight is 235 g/mol. The van der Waals surface area contributed by atoms with Gasteiger partial charge >= 0.3 is 0 Å². The Hall–Kier alpha value is -0.130. The summed E-state index contributed by atoms with van der Waals surface area (Å²) in [6.07, 6.45) is 0. The smallest absolute Gasteiger partial charge is 0.216 e. The number of hydrogen-bond acceptors (Lipinski definition) is 3. The minimum absolute atomic E-state index is 0.0186. The van der Waals surface area contributed by atoms with Gasteiger partial charge in [-0.05, 0) is 17.8 Å². The van der Waals surface area contributed by atoms with Gasteiger partial charge in [-0.25, -0.2) is 13.1 Å². The van der Waals surface area contributed by atoms with E-state index in [9.17, 15) is 8.42 Å². The van der Waals surface area contributed by atoms with Crippen LogP contribution < -0.4 is 4.72 Å². The first kappa shape index (κ1) is 12.9. The van der Waals surface area contributed by atoms with Crippen LogP contribution >= 0.6 is 0 Å². The van der Waals surface area contributed by atoms with Gasteiger partial charge in [0.25, 0.3) is 0 Å². The summed E-state index contributed by atoms with van der Waals surface area (Å²) in [6, 6.07) is -0.0380. The van der Waals surface area contributed by atoms with E-state index in [4.69, 9.17) is 5.11 Å². The molecule has 0 aromatic rings. The maximum absolute atomic E-state index is 11.7. The first-order valence-corrected chi connectivity index (χ1v) is 6.74. The third-order valence-electron chi connectivity index (χ3n) is 4.09. The molecule has 90 valence electrons. The van der Waals surface area contributed by atoms with Gasteiger partial charge in [-0.2, -0.15) is 0 Å². The van der Waals surface area contributed by atoms with E-state index in [-0.39, 0.29) is 23.5 Å². The molecule has 1 aliphatic rings. The number of rotatable bonds is 4. The summed E-state index contributed by atoms with van der Waals surface area (Å²) < 4.78 is 26.1. The molecule has 1 saturated carbocycles. The fourth-order valence-corrected chi connectivity index (χ4v) is 3.22. The topological polar surface area (TPSA) is 66.4 Å². The number of aliphatic hydroxyl groups excluding tert-OH is 1. The predicted octanol–water partition coefficient (Wildman–Crippen LogP) is 0.721. The highest BCUT2D eigenvalue weighted by molar-refractivity contribution is 7.90. The van der Waals surface area contributed by atoms with E-state index < -0.39 is 15.3 Å². The summed E-state index contributed by atoms with van der Waals surface area (Å²) in [6.45, 7) is 9.34. The monoisotopic (exact) mass is 235 g/mol. The standard InChI is InChI=1S/C10H21NO3S/c1-7(6-12)15(13,14)11-8-9(2,3)10(8,4)5/h7-8,11-12H,6H2,1-5H3. The van der Waals surface area contributed by atoms with E-state index in [1.165, 1.54) is 6.92 Å². The van der Waals surface area contributed by atoms with E-state index in [2.05, 4.69) is 4.72 Å². The summed E-state index contributed by atoms with van der Waals surface area (Å²) in [5.74, 6) is 0. The summed E-state index contributed by atoms with van der Waals surface area (Å²) in [5, 5.41) is 8.10. The highest BCUT2D eigenvalue weighted by atomic mass is 32.2. The molecule has 0 amide bonds. The Labute approximate surface area is 92.1 Å². The Balaban J connectivity index is 2.75. The molecule has 1 rings (SSSR count). The molecule has 0 aliphatic heterocycles. The predicted molar refractivity (Wildman–Crippen MR) is 60.0 cm³/mol. The quantitative estimate of drug-likeness (QED) is 0.754. The van der Waals surface area contributed by atoms with Crippen LogP contribution in [0.1, 0.15) is 34.6 Å². The lowest BCUT2D eigenvalue weighted by atomic mass is 10.0. The Morgan fingerprint density at radius 1 is 1.27 bits per heavy atom.